The van der Waals surface area contributed by atoms with Gasteiger partial charge in [0.1, 0.15) is 0 Å². The van der Waals surface area contributed by atoms with Crippen molar-refractivity contribution in [2.24, 2.45) is 0 Å². The maximum absolute atomic E-state index is 11.3. The number of rotatable bonds is 3. The zero-order chi connectivity index (χ0) is 9.97. The molecule has 0 bridgehead atoms. The standard InChI is InChI=1S/C9H12N2O3/c1-2-14-9(12)8-3-4-11(10-8)7-5-13-6-7/h3-4,7H,2,5-6H2,1H3. The Kier molecular flexibility index (Phi) is 2.49. The van der Waals surface area contributed by atoms with Crippen molar-refractivity contribution < 1.29 is 14.3 Å². The second-order valence-corrected chi connectivity index (χ2v) is 3.09. The first-order chi connectivity index (χ1) is 6.81. The van der Waals surface area contributed by atoms with Crippen LogP contribution in [0.15, 0.2) is 12.3 Å². The first kappa shape index (κ1) is 9.21. The zero-order valence-corrected chi connectivity index (χ0v) is 7.97. The molecular formula is C9H12N2O3. The van der Waals surface area contributed by atoms with Crippen molar-refractivity contribution in [1.29, 1.82) is 0 Å². The van der Waals surface area contributed by atoms with Gasteiger partial charge in [0.2, 0.25) is 0 Å². The quantitative estimate of drug-likeness (QED) is 0.665. The average molecular weight is 196 g/mol. The first-order valence-electron chi connectivity index (χ1n) is 4.61. The third-order valence-corrected chi connectivity index (χ3v) is 2.09. The Morgan fingerprint density at radius 2 is 2.57 bits per heavy atom. The number of nitrogens with zero attached hydrogens (tertiary/aromatic N) is 2. The lowest BCUT2D eigenvalue weighted by Crippen LogP contribution is -2.31. The highest BCUT2D eigenvalue weighted by atomic mass is 16.5. The summed E-state index contributed by atoms with van der Waals surface area (Å²) in [4.78, 5) is 11.3. The molecule has 14 heavy (non-hydrogen) atoms. The van der Waals surface area contributed by atoms with Gasteiger partial charge in [-0.25, -0.2) is 4.79 Å². The molecule has 0 radical (unpaired) electrons. The fourth-order valence-corrected chi connectivity index (χ4v) is 1.23. The van der Waals surface area contributed by atoms with Crippen molar-refractivity contribution in [3.63, 3.8) is 0 Å². The van der Waals surface area contributed by atoms with Gasteiger partial charge in [-0.2, -0.15) is 5.10 Å². The molecule has 0 unspecified atom stereocenters. The average Bonchev–Trinajstić information content (AvgIpc) is 2.50. The fourth-order valence-electron chi connectivity index (χ4n) is 1.23. The predicted octanol–water partition coefficient (Wildman–Crippen LogP) is 0.631. The van der Waals surface area contributed by atoms with E-state index in [1.807, 2.05) is 0 Å². The Hall–Kier alpha value is -1.36. The summed E-state index contributed by atoms with van der Waals surface area (Å²) in [5.41, 5.74) is 0.360. The van der Waals surface area contributed by atoms with Gasteiger partial charge >= 0.3 is 5.97 Å². The molecule has 1 aliphatic rings. The lowest BCUT2D eigenvalue weighted by atomic mass is 10.3. The normalized spacial score (nSPS) is 16.4. The third-order valence-electron chi connectivity index (χ3n) is 2.09. The zero-order valence-electron chi connectivity index (χ0n) is 7.97. The minimum absolute atomic E-state index is 0.276. The highest BCUT2D eigenvalue weighted by Crippen LogP contribution is 2.16. The van der Waals surface area contributed by atoms with E-state index >= 15 is 0 Å². The monoisotopic (exact) mass is 196 g/mol. The van der Waals surface area contributed by atoms with Gasteiger partial charge in [-0.15, -0.1) is 0 Å². The van der Waals surface area contributed by atoms with Crippen molar-refractivity contribution in [1.82, 2.24) is 9.78 Å². The van der Waals surface area contributed by atoms with Crippen LogP contribution < -0.4 is 0 Å². The van der Waals surface area contributed by atoms with Crippen LogP contribution in [0.1, 0.15) is 23.5 Å². The summed E-state index contributed by atoms with van der Waals surface area (Å²) in [7, 11) is 0. The number of carbonyl (C=O) groups excluding carboxylic acids is 1. The van der Waals surface area contributed by atoms with E-state index in [9.17, 15) is 4.79 Å². The number of aromatic nitrogens is 2. The molecule has 0 aromatic carbocycles. The Labute approximate surface area is 81.6 Å². The molecule has 0 N–H and O–H groups in total. The molecule has 0 spiro atoms. The molecule has 2 heterocycles. The van der Waals surface area contributed by atoms with E-state index in [1.165, 1.54) is 0 Å². The minimum Gasteiger partial charge on any atom is -0.461 e. The summed E-state index contributed by atoms with van der Waals surface area (Å²) in [6.45, 7) is 3.49. The molecule has 1 aliphatic heterocycles. The molecule has 1 fully saturated rings. The van der Waals surface area contributed by atoms with E-state index in [-0.39, 0.29) is 12.0 Å². The van der Waals surface area contributed by atoms with E-state index in [1.54, 1.807) is 23.9 Å². The van der Waals surface area contributed by atoms with Crippen molar-refractivity contribution in [2.75, 3.05) is 19.8 Å². The summed E-state index contributed by atoms with van der Waals surface area (Å²) in [5, 5.41) is 4.11. The number of ether oxygens (including phenoxy) is 2. The van der Waals surface area contributed by atoms with E-state index in [2.05, 4.69) is 5.10 Å². The van der Waals surface area contributed by atoms with E-state index in [4.69, 9.17) is 9.47 Å². The Morgan fingerprint density at radius 3 is 3.14 bits per heavy atom. The molecule has 0 amide bonds. The molecule has 1 aromatic rings. The Morgan fingerprint density at radius 1 is 1.79 bits per heavy atom. The van der Waals surface area contributed by atoms with E-state index in [0.29, 0.717) is 25.5 Å². The highest BCUT2D eigenvalue weighted by Gasteiger charge is 2.22. The van der Waals surface area contributed by atoms with Crippen molar-refractivity contribution in [3.8, 4) is 0 Å². The van der Waals surface area contributed by atoms with Gasteiger partial charge in [-0.1, -0.05) is 0 Å². The van der Waals surface area contributed by atoms with Crippen molar-refractivity contribution >= 4 is 5.97 Å². The van der Waals surface area contributed by atoms with Crippen molar-refractivity contribution in [2.45, 2.75) is 13.0 Å². The number of hydrogen-bond acceptors (Lipinski definition) is 4. The lowest BCUT2D eigenvalue weighted by Gasteiger charge is -2.25. The molecular weight excluding hydrogens is 184 g/mol. The maximum Gasteiger partial charge on any atom is 0.358 e. The van der Waals surface area contributed by atoms with Gasteiger partial charge in [0.05, 0.1) is 25.9 Å². The van der Waals surface area contributed by atoms with Gasteiger partial charge in [0.15, 0.2) is 5.69 Å². The summed E-state index contributed by atoms with van der Waals surface area (Å²) in [6.07, 6.45) is 1.78. The number of carbonyl (C=O) groups is 1. The molecule has 2 rings (SSSR count). The summed E-state index contributed by atoms with van der Waals surface area (Å²) in [6, 6.07) is 1.94. The van der Waals surface area contributed by atoms with Crippen LogP contribution in [0.3, 0.4) is 0 Å². The molecule has 76 valence electrons. The van der Waals surface area contributed by atoms with Gasteiger partial charge in [0.25, 0.3) is 0 Å². The Balaban J connectivity index is 2.05. The molecule has 1 aromatic heterocycles. The maximum atomic E-state index is 11.3. The van der Waals surface area contributed by atoms with Crippen LogP contribution >= 0.6 is 0 Å². The van der Waals surface area contributed by atoms with Gasteiger partial charge < -0.3 is 9.47 Å². The van der Waals surface area contributed by atoms with Crippen LogP contribution in [-0.2, 0) is 9.47 Å². The minimum atomic E-state index is -0.369. The highest BCUT2D eigenvalue weighted by molar-refractivity contribution is 5.86. The van der Waals surface area contributed by atoms with Crippen molar-refractivity contribution in [3.05, 3.63) is 18.0 Å². The molecule has 0 atom stereocenters. The van der Waals surface area contributed by atoms with Crippen LogP contribution in [0.5, 0.6) is 0 Å². The van der Waals surface area contributed by atoms with Crippen LogP contribution in [0.2, 0.25) is 0 Å². The Bertz CT molecular complexity index is 331. The van der Waals surface area contributed by atoms with Crippen LogP contribution in [0, 0.1) is 0 Å². The summed E-state index contributed by atoms with van der Waals surface area (Å²) in [5.74, 6) is -0.369. The molecule has 0 saturated carbocycles. The fraction of sp³-hybridized carbons (Fsp3) is 0.556. The number of hydrogen-bond donors (Lipinski definition) is 0. The second-order valence-electron chi connectivity index (χ2n) is 3.09. The molecule has 1 saturated heterocycles. The smallest absolute Gasteiger partial charge is 0.358 e. The van der Waals surface area contributed by atoms with Crippen LogP contribution in [0.25, 0.3) is 0 Å². The molecule has 0 aliphatic carbocycles. The SMILES string of the molecule is CCOC(=O)c1ccn(C2COC2)n1. The molecule has 5 nitrogen and oxygen atoms in total. The van der Waals surface area contributed by atoms with E-state index < -0.39 is 0 Å². The summed E-state index contributed by atoms with van der Waals surface area (Å²) < 4.78 is 11.6. The third kappa shape index (κ3) is 1.63. The van der Waals surface area contributed by atoms with Gasteiger partial charge in [-0.3, -0.25) is 4.68 Å². The largest absolute Gasteiger partial charge is 0.461 e. The lowest BCUT2D eigenvalue weighted by molar-refractivity contribution is -0.0288. The summed E-state index contributed by atoms with van der Waals surface area (Å²) >= 11 is 0. The van der Waals surface area contributed by atoms with Crippen LogP contribution in [-0.4, -0.2) is 35.6 Å². The van der Waals surface area contributed by atoms with Gasteiger partial charge in [0, 0.05) is 6.20 Å². The molecule has 5 heteroatoms. The first-order valence-corrected chi connectivity index (χ1v) is 4.61. The van der Waals surface area contributed by atoms with Crippen LogP contribution in [0.4, 0.5) is 0 Å². The van der Waals surface area contributed by atoms with E-state index in [0.717, 1.165) is 0 Å². The van der Waals surface area contributed by atoms with Gasteiger partial charge in [-0.05, 0) is 13.0 Å². The predicted molar refractivity (Wildman–Crippen MR) is 48.0 cm³/mol. The second kappa shape index (κ2) is 3.79. The topological polar surface area (TPSA) is 53.4 Å². The number of esters is 1.